The average Bonchev–Trinajstić information content (AvgIpc) is 2.09. The molecule has 0 aromatic carbocycles. The Hall–Kier alpha value is -1.04. The van der Waals surface area contributed by atoms with E-state index in [0.29, 0.717) is 11.3 Å². The molecule has 0 bridgehead atoms. The van der Waals surface area contributed by atoms with Gasteiger partial charge in [0.1, 0.15) is 5.69 Å². The SMILES string of the molecule is Cc1nc(C(F)F)c(Br)cc1CC(=O)O. The number of aryl methyl sites for hydroxylation is 1. The number of alkyl halides is 2. The van der Waals surface area contributed by atoms with E-state index >= 15 is 0 Å². The fourth-order valence-electron chi connectivity index (χ4n) is 1.13. The lowest BCUT2D eigenvalue weighted by Gasteiger charge is -2.07. The van der Waals surface area contributed by atoms with Gasteiger partial charge in [-0.2, -0.15) is 0 Å². The quantitative estimate of drug-likeness (QED) is 0.926. The molecular formula is C9H8BrF2NO2. The lowest BCUT2D eigenvalue weighted by molar-refractivity contribution is -0.136. The molecule has 1 aromatic rings. The first-order valence-corrected chi connectivity index (χ1v) is 4.87. The fraction of sp³-hybridized carbons (Fsp3) is 0.333. The summed E-state index contributed by atoms with van der Waals surface area (Å²) in [4.78, 5) is 14.1. The summed E-state index contributed by atoms with van der Waals surface area (Å²) >= 11 is 2.94. The summed E-state index contributed by atoms with van der Waals surface area (Å²) < 4.78 is 24.9. The molecule has 0 saturated carbocycles. The normalized spacial score (nSPS) is 10.7. The van der Waals surface area contributed by atoms with Gasteiger partial charge in [-0.1, -0.05) is 0 Å². The van der Waals surface area contributed by atoms with Crippen molar-refractivity contribution in [1.82, 2.24) is 4.98 Å². The van der Waals surface area contributed by atoms with Crippen molar-refractivity contribution in [2.75, 3.05) is 0 Å². The minimum atomic E-state index is -2.67. The van der Waals surface area contributed by atoms with Crippen molar-refractivity contribution in [3.05, 3.63) is 27.5 Å². The molecule has 0 aliphatic heterocycles. The van der Waals surface area contributed by atoms with Gasteiger partial charge in [0.15, 0.2) is 0 Å². The molecule has 0 aliphatic carbocycles. The van der Waals surface area contributed by atoms with E-state index in [4.69, 9.17) is 5.11 Å². The molecule has 82 valence electrons. The second-order valence-corrected chi connectivity index (χ2v) is 3.83. The van der Waals surface area contributed by atoms with Crippen LogP contribution >= 0.6 is 15.9 Å². The van der Waals surface area contributed by atoms with Gasteiger partial charge in [-0.25, -0.2) is 8.78 Å². The molecule has 1 aromatic heterocycles. The molecule has 0 aliphatic rings. The average molecular weight is 280 g/mol. The minimum absolute atomic E-state index is 0.138. The maximum absolute atomic E-state index is 12.4. The first-order valence-electron chi connectivity index (χ1n) is 4.07. The summed E-state index contributed by atoms with van der Waals surface area (Å²) in [7, 11) is 0. The van der Waals surface area contributed by atoms with Gasteiger partial charge in [-0.15, -0.1) is 0 Å². The van der Waals surface area contributed by atoms with Crippen molar-refractivity contribution in [2.45, 2.75) is 19.8 Å². The van der Waals surface area contributed by atoms with Crippen molar-refractivity contribution in [1.29, 1.82) is 0 Å². The Morgan fingerprint density at radius 2 is 2.27 bits per heavy atom. The monoisotopic (exact) mass is 279 g/mol. The third-order valence-corrected chi connectivity index (χ3v) is 2.48. The van der Waals surface area contributed by atoms with Crippen LogP contribution in [0.3, 0.4) is 0 Å². The second-order valence-electron chi connectivity index (χ2n) is 2.97. The highest BCUT2D eigenvalue weighted by molar-refractivity contribution is 9.10. The van der Waals surface area contributed by atoms with E-state index in [9.17, 15) is 13.6 Å². The number of carboxylic acids is 1. The summed E-state index contributed by atoms with van der Waals surface area (Å²) in [5, 5.41) is 8.57. The fourth-order valence-corrected chi connectivity index (χ4v) is 1.67. The number of aromatic nitrogens is 1. The topological polar surface area (TPSA) is 50.2 Å². The standard InChI is InChI=1S/C9H8BrF2NO2/c1-4-5(3-7(14)15)2-6(10)8(13-4)9(11)12/h2,9H,3H2,1H3,(H,14,15). The van der Waals surface area contributed by atoms with Crippen LogP contribution in [0.25, 0.3) is 0 Å². The molecule has 0 unspecified atom stereocenters. The van der Waals surface area contributed by atoms with Crippen LogP contribution in [-0.4, -0.2) is 16.1 Å². The Bertz CT molecular complexity index is 396. The molecule has 0 fully saturated rings. The summed E-state index contributed by atoms with van der Waals surface area (Å²) in [5.74, 6) is -1.02. The predicted octanol–water partition coefficient (Wildman–Crippen LogP) is 2.72. The number of rotatable bonds is 3. The van der Waals surface area contributed by atoms with E-state index in [0.717, 1.165) is 0 Å². The second kappa shape index (κ2) is 4.65. The van der Waals surface area contributed by atoms with E-state index in [1.807, 2.05) is 0 Å². The van der Waals surface area contributed by atoms with Crippen molar-refractivity contribution < 1.29 is 18.7 Å². The molecule has 0 amide bonds. The number of hydrogen-bond acceptors (Lipinski definition) is 2. The van der Waals surface area contributed by atoms with Crippen molar-refractivity contribution in [3.8, 4) is 0 Å². The Labute approximate surface area is 93.3 Å². The molecule has 0 radical (unpaired) electrons. The van der Waals surface area contributed by atoms with Gasteiger partial charge in [-0.3, -0.25) is 9.78 Å². The van der Waals surface area contributed by atoms with E-state index in [2.05, 4.69) is 20.9 Å². The summed E-state index contributed by atoms with van der Waals surface area (Å²) in [6, 6.07) is 1.37. The Kier molecular flexibility index (Phi) is 3.73. The number of pyridine rings is 1. The van der Waals surface area contributed by atoms with Crippen LogP contribution in [0.5, 0.6) is 0 Å². The van der Waals surface area contributed by atoms with Gasteiger partial charge in [0.05, 0.1) is 6.42 Å². The van der Waals surface area contributed by atoms with Gasteiger partial charge in [0.2, 0.25) is 0 Å². The maximum atomic E-state index is 12.4. The van der Waals surface area contributed by atoms with E-state index < -0.39 is 12.4 Å². The lowest BCUT2D eigenvalue weighted by atomic mass is 10.1. The molecule has 1 heterocycles. The zero-order valence-electron chi connectivity index (χ0n) is 7.80. The highest BCUT2D eigenvalue weighted by Crippen LogP contribution is 2.27. The number of carbonyl (C=O) groups is 1. The highest BCUT2D eigenvalue weighted by atomic mass is 79.9. The van der Waals surface area contributed by atoms with Gasteiger partial charge in [-0.05, 0) is 34.5 Å². The minimum Gasteiger partial charge on any atom is -0.481 e. The van der Waals surface area contributed by atoms with Gasteiger partial charge < -0.3 is 5.11 Å². The third kappa shape index (κ3) is 2.95. The molecule has 0 saturated heterocycles. The lowest BCUT2D eigenvalue weighted by Crippen LogP contribution is -2.05. The number of nitrogens with zero attached hydrogens (tertiary/aromatic N) is 1. The number of halogens is 3. The predicted molar refractivity (Wildman–Crippen MR) is 53.0 cm³/mol. The zero-order valence-corrected chi connectivity index (χ0v) is 9.38. The molecule has 6 heteroatoms. The molecule has 1 rings (SSSR count). The third-order valence-electron chi connectivity index (χ3n) is 1.85. The first kappa shape index (κ1) is 12.0. The smallest absolute Gasteiger partial charge is 0.307 e. The molecule has 0 atom stereocenters. The molecular weight excluding hydrogens is 272 g/mol. The van der Waals surface area contributed by atoms with Crippen molar-refractivity contribution >= 4 is 21.9 Å². The van der Waals surface area contributed by atoms with Crippen molar-refractivity contribution in [2.24, 2.45) is 0 Å². The van der Waals surface area contributed by atoms with Gasteiger partial charge in [0.25, 0.3) is 6.43 Å². The summed E-state index contributed by atoms with van der Waals surface area (Å²) in [5.41, 5.74) is 0.385. The number of carboxylic acid groups (broad SMARTS) is 1. The number of hydrogen-bond donors (Lipinski definition) is 1. The van der Waals surface area contributed by atoms with Crippen LogP contribution in [-0.2, 0) is 11.2 Å². The van der Waals surface area contributed by atoms with E-state index in [-0.39, 0.29) is 16.6 Å². The Morgan fingerprint density at radius 1 is 1.67 bits per heavy atom. The van der Waals surface area contributed by atoms with Crippen LogP contribution in [0.1, 0.15) is 23.4 Å². The van der Waals surface area contributed by atoms with Crippen LogP contribution in [0.2, 0.25) is 0 Å². The van der Waals surface area contributed by atoms with Crippen LogP contribution in [0, 0.1) is 6.92 Å². The molecule has 0 spiro atoms. The summed E-state index contributed by atoms with van der Waals surface area (Å²) in [6.45, 7) is 1.51. The number of aliphatic carboxylic acids is 1. The summed E-state index contributed by atoms with van der Waals surface area (Å²) in [6.07, 6.45) is -2.89. The van der Waals surface area contributed by atoms with Crippen LogP contribution < -0.4 is 0 Å². The first-order chi connectivity index (χ1) is 6.91. The van der Waals surface area contributed by atoms with Crippen LogP contribution in [0.4, 0.5) is 8.78 Å². The van der Waals surface area contributed by atoms with E-state index in [1.165, 1.54) is 13.0 Å². The molecule has 15 heavy (non-hydrogen) atoms. The van der Waals surface area contributed by atoms with Crippen molar-refractivity contribution in [3.63, 3.8) is 0 Å². The van der Waals surface area contributed by atoms with E-state index in [1.54, 1.807) is 0 Å². The van der Waals surface area contributed by atoms with Crippen LogP contribution in [0.15, 0.2) is 10.5 Å². The maximum Gasteiger partial charge on any atom is 0.307 e. The van der Waals surface area contributed by atoms with Gasteiger partial charge in [0, 0.05) is 10.2 Å². The Balaban J connectivity index is 3.13. The molecule has 3 nitrogen and oxygen atoms in total. The molecule has 1 N–H and O–H groups in total. The zero-order chi connectivity index (χ0) is 11.6. The van der Waals surface area contributed by atoms with Gasteiger partial charge >= 0.3 is 5.97 Å². The highest BCUT2D eigenvalue weighted by Gasteiger charge is 2.16. The largest absolute Gasteiger partial charge is 0.481 e. The Morgan fingerprint density at radius 3 is 2.73 bits per heavy atom.